The second kappa shape index (κ2) is 6.62. The smallest absolute Gasteiger partial charge is 0.0165 e. The van der Waals surface area contributed by atoms with Crippen LogP contribution in [0.1, 0.15) is 33.1 Å². The lowest BCUT2D eigenvalue weighted by Gasteiger charge is -2.31. The van der Waals surface area contributed by atoms with Gasteiger partial charge < -0.3 is 0 Å². The molecule has 0 spiro atoms. The van der Waals surface area contributed by atoms with E-state index in [1.165, 1.54) is 37.9 Å². The van der Waals surface area contributed by atoms with Crippen molar-refractivity contribution in [3.8, 4) is 0 Å². The minimum Gasteiger partial charge on any atom is -0.299 e. The van der Waals surface area contributed by atoms with Crippen LogP contribution in [0.25, 0.3) is 0 Å². The van der Waals surface area contributed by atoms with Crippen LogP contribution in [-0.4, -0.2) is 29.9 Å². The Hall–Kier alpha value is 0.180. The van der Waals surface area contributed by atoms with Crippen molar-refractivity contribution in [3.05, 3.63) is 11.6 Å². The van der Waals surface area contributed by atoms with Gasteiger partial charge >= 0.3 is 0 Å². The summed E-state index contributed by atoms with van der Waals surface area (Å²) in [6.07, 6.45) is 6.49. The monoisotopic (exact) mass is 259 g/mol. The first-order valence-corrected chi connectivity index (χ1v) is 6.76. The largest absolute Gasteiger partial charge is 0.299 e. The van der Waals surface area contributed by atoms with Crippen molar-refractivity contribution in [1.29, 1.82) is 0 Å². The van der Waals surface area contributed by atoms with E-state index in [2.05, 4.69) is 40.8 Å². The van der Waals surface area contributed by atoms with Gasteiger partial charge in [-0.1, -0.05) is 27.6 Å². The summed E-state index contributed by atoms with van der Waals surface area (Å²) in [4.78, 5) is 2.59. The quantitative estimate of drug-likeness (QED) is 0.552. The highest BCUT2D eigenvalue weighted by Gasteiger charge is 2.17. The zero-order valence-electron chi connectivity index (χ0n) is 9.43. The molecule has 1 unspecified atom stereocenters. The first kappa shape index (κ1) is 12.3. The first-order valence-electron chi connectivity index (χ1n) is 5.64. The average molecular weight is 260 g/mol. The van der Waals surface area contributed by atoms with Gasteiger partial charge in [-0.3, -0.25) is 4.90 Å². The standard InChI is InChI=1S/C12H22BrN/c1-11(2)6-9-14-8-3-4-12(10-14)5-7-13/h6,12H,3-5,7-10H2,1-2H3. The Bertz CT molecular complexity index is 183. The summed E-state index contributed by atoms with van der Waals surface area (Å²) in [6, 6.07) is 0. The number of rotatable bonds is 4. The molecule has 0 amide bonds. The molecular formula is C12H22BrN. The highest BCUT2D eigenvalue weighted by molar-refractivity contribution is 9.09. The van der Waals surface area contributed by atoms with Crippen molar-refractivity contribution in [2.75, 3.05) is 25.0 Å². The van der Waals surface area contributed by atoms with Gasteiger partial charge in [-0.2, -0.15) is 0 Å². The van der Waals surface area contributed by atoms with Gasteiger partial charge in [0.25, 0.3) is 0 Å². The maximum atomic E-state index is 3.54. The lowest BCUT2D eigenvalue weighted by atomic mass is 9.96. The van der Waals surface area contributed by atoms with E-state index in [1.807, 2.05) is 0 Å². The molecule has 0 aromatic carbocycles. The summed E-state index contributed by atoms with van der Waals surface area (Å²) >= 11 is 3.54. The van der Waals surface area contributed by atoms with Crippen LogP contribution in [0, 0.1) is 5.92 Å². The molecule has 0 aromatic rings. The summed E-state index contributed by atoms with van der Waals surface area (Å²) in [5, 5.41) is 1.16. The maximum Gasteiger partial charge on any atom is 0.0165 e. The summed E-state index contributed by atoms with van der Waals surface area (Å²) in [6.45, 7) is 8.11. The molecule has 1 atom stereocenters. The molecule has 1 aliphatic heterocycles. The van der Waals surface area contributed by atoms with Crippen LogP contribution >= 0.6 is 15.9 Å². The molecule has 0 N–H and O–H groups in total. The van der Waals surface area contributed by atoms with E-state index < -0.39 is 0 Å². The van der Waals surface area contributed by atoms with Crippen LogP contribution in [0.2, 0.25) is 0 Å². The average Bonchev–Trinajstić information content (AvgIpc) is 2.16. The van der Waals surface area contributed by atoms with Gasteiger partial charge in [-0.15, -0.1) is 0 Å². The molecule has 1 aliphatic rings. The molecule has 2 heteroatoms. The number of piperidine rings is 1. The van der Waals surface area contributed by atoms with Gasteiger partial charge in [0.2, 0.25) is 0 Å². The number of likely N-dealkylation sites (tertiary alicyclic amines) is 1. The normalized spacial score (nSPS) is 23.5. The van der Waals surface area contributed by atoms with Crippen LogP contribution < -0.4 is 0 Å². The number of hydrogen-bond acceptors (Lipinski definition) is 1. The van der Waals surface area contributed by atoms with Crippen LogP contribution in [-0.2, 0) is 0 Å². The third kappa shape index (κ3) is 4.61. The number of alkyl halides is 1. The Balaban J connectivity index is 2.29. The van der Waals surface area contributed by atoms with Crippen molar-refractivity contribution < 1.29 is 0 Å². The molecule has 1 saturated heterocycles. The van der Waals surface area contributed by atoms with Gasteiger partial charge in [0.15, 0.2) is 0 Å². The van der Waals surface area contributed by atoms with Crippen LogP contribution in [0.3, 0.4) is 0 Å². The predicted octanol–water partition coefficient (Wildman–Crippen LogP) is 3.45. The van der Waals surface area contributed by atoms with Crippen molar-refractivity contribution >= 4 is 15.9 Å². The Morgan fingerprint density at radius 1 is 1.50 bits per heavy atom. The summed E-state index contributed by atoms with van der Waals surface area (Å²) in [5.41, 5.74) is 1.44. The molecule has 0 saturated carbocycles. The lowest BCUT2D eigenvalue weighted by molar-refractivity contribution is 0.188. The Morgan fingerprint density at radius 2 is 2.29 bits per heavy atom. The Kier molecular flexibility index (Phi) is 5.80. The molecule has 14 heavy (non-hydrogen) atoms. The van der Waals surface area contributed by atoms with E-state index in [0.717, 1.165) is 17.8 Å². The Labute approximate surface area is 96.7 Å². The second-order valence-corrected chi connectivity index (χ2v) is 5.32. The molecule has 1 fully saturated rings. The van der Waals surface area contributed by atoms with Gasteiger partial charge in [0.05, 0.1) is 0 Å². The zero-order valence-corrected chi connectivity index (χ0v) is 11.0. The third-order valence-corrected chi connectivity index (χ3v) is 3.34. The highest BCUT2D eigenvalue weighted by atomic mass is 79.9. The molecule has 1 nitrogen and oxygen atoms in total. The topological polar surface area (TPSA) is 3.24 Å². The van der Waals surface area contributed by atoms with Crippen LogP contribution in [0.4, 0.5) is 0 Å². The van der Waals surface area contributed by atoms with E-state index in [-0.39, 0.29) is 0 Å². The second-order valence-electron chi connectivity index (χ2n) is 4.53. The number of nitrogens with zero attached hydrogens (tertiary/aromatic N) is 1. The van der Waals surface area contributed by atoms with Gasteiger partial charge in [0.1, 0.15) is 0 Å². The Morgan fingerprint density at radius 3 is 2.93 bits per heavy atom. The van der Waals surface area contributed by atoms with E-state index in [4.69, 9.17) is 0 Å². The zero-order chi connectivity index (χ0) is 10.4. The SMILES string of the molecule is CC(C)=CCN1CCCC(CCBr)C1. The van der Waals surface area contributed by atoms with E-state index in [9.17, 15) is 0 Å². The van der Waals surface area contributed by atoms with Crippen molar-refractivity contribution in [2.45, 2.75) is 33.1 Å². The fourth-order valence-corrected chi connectivity index (χ4v) is 2.67. The van der Waals surface area contributed by atoms with E-state index in [0.29, 0.717) is 0 Å². The molecular weight excluding hydrogens is 238 g/mol. The summed E-state index contributed by atoms with van der Waals surface area (Å²) < 4.78 is 0. The van der Waals surface area contributed by atoms with E-state index >= 15 is 0 Å². The van der Waals surface area contributed by atoms with Crippen LogP contribution in [0.15, 0.2) is 11.6 Å². The summed E-state index contributed by atoms with van der Waals surface area (Å²) in [7, 11) is 0. The third-order valence-electron chi connectivity index (χ3n) is 2.88. The number of halogens is 1. The fraction of sp³-hybridized carbons (Fsp3) is 0.833. The molecule has 0 radical (unpaired) electrons. The van der Waals surface area contributed by atoms with E-state index in [1.54, 1.807) is 0 Å². The number of hydrogen-bond donors (Lipinski definition) is 0. The van der Waals surface area contributed by atoms with Crippen molar-refractivity contribution in [1.82, 2.24) is 4.90 Å². The summed E-state index contributed by atoms with van der Waals surface area (Å²) in [5.74, 6) is 0.925. The molecule has 0 aromatic heterocycles. The molecule has 82 valence electrons. The van der Waals surface area contributed by atoms with Crippen molar-refractivity contribution in [3.63, 3.8) is 0 Å². The van der Waals surface area contributed by atoms with Gasteiger partial charge in [0, 0.05) is 18.4 Å². The minimum atomic E-state index is 0.925. The highest BCUT2D eigenvalue weighted by Crippen LogP contribution is 2.20. The van der Waals surface area contributed by atoms with Gasteiger partial charge in [-0.05, 0) is 45.6 Å². The number of allylic oxidation sites excluding steroid dienone is 1. The fourth-order valence-electron chi connectivity index (χ4n) is 2.02. The molecule has 0 bridgehead atoms. The van der Waals surface area contributed by atoms with Crippen LogP contribution in [0.5, 0.6) is 0 Å². The molecule has 1 rings (SSSR count). The first-order chi connectivity index (χ1) is 6.72. The molecule has 1 heterocycles. The van der Waals surface area contributed by atoms with Crippen molar-refractivity contribution in [2.24, 2.45) is 5.92 Å². The maximum absolute atomic E-state index is 3.54. The predicted molar refractivity (Wildman–Crippen MR) is 67.0 cm³/mol. The lowest BCUT2D eigenvalue weighted by Crippen LogP contribution is -2.35. The minimum absolute atomic E-state index is 0.925. The molecule has 0 aliphatic carbocycles. The van der Waals surface area contributed by atoms with Gasteiger partial charge in [-0.25, -0.2) is 0 Å².